The van der Waals surface area contributed by atoms with Crippen LogP contribution in [0.25, 0.3) is 0 Å². The number of hydrogen-bond donors (Lipinski definition) is 1. The second-order valence-electron chi connectivity index (χ2n) is 4.31. The van der Waals surface area contributed by atoms with Gasteiger partial charge in [-0.3, -0.25) is 4.79 Å². The number of rotatable bonds is 5. The van der Waals surface area contributed by atoms with Crippen molar-refractivity contribution in [2.45, 2.75) is 24.8 Å². The van der Waals surface area contributed by atoms with Gasteiger partial charge in [0, 0.05) is 24.1 Å². The highest BCUT2D eigenvalue weighted by Crippen LogP contribution is 2.15. The summed E-state index contributed by atoms with van der Waals surface area (Å²) in [5.41, 5.74) is 0.424. The van der Waals surface area contributed by atoms with Gasteiger partial charge in [-0.05, 0) is 32.0 Å². The largest absolute Gasteiger partial charge is 0.377 e. The van der Waals surface area contributed by atoms with Gasteiger partial charge in [0.05, 0.1) is 12.7 Å². The predicted molar refractivity (Wildman–Crippen MR) is 71.7 cm³/mol. The standard InChI is InChI=1S/C13H18FNO2S/c1-9(2)17-7-6-15(3)13(16)10-4-5-11(14)12(18)8-10/h4-5,8-9,18H,6-7H2,1-3H3. The summed E-state index contributed by atoms with van der Waals surface area (Å²) in [6, 6.07) is 4.13. The zero-order chi connectivity index (χ0) is 13.7. The van der Waals surface area contributed by atoms with Crippen LogP contribution in [-0.2, 0) is 4.74 Å². The molecule has 0 spiro atoms. The molecule has 0 N–H and O–H groups in total. The molecule has 18 heavy (non-hydrogen) atoms. The number of carbonyl (C=O) groups excluding carboxylic acids is 1. The van der Waals surface area contributed by atoms with E-state index >= 15 is 0 Å². The van der Waals surface area contributed by atoms with Gasteiger partial charge in [0.15, 0.2) is 0 Å². The van der Waals surface area contributed by atoms with E-state index in [9.17, 15) is 9.18 Å². The number of nitrogens with zero attached hydrogens (tertiary/aromatic N) is 1. The molecule has 0 heterocycles. The average Bonchev–Trinajstić information content (AvgIpc) is 2.31. The van der Waals surface area contributed by atoms with Crippen LogP contribution in [0, 0.1) is 5.82 Å². The molecule has 1 aromatic carbocycles. The van der Waals surface area contributed by atoms with Gasteiger partial charge in [0.2, 0.25) is 0 Å². The molecule has 0 fully saturated rings. The smallest absolute Gasteiger partial charge is 0.253 e. The van der Waals surface area contributed by atoms with Crippen LogP contribution >= 0.6 is 12.6 Å². The second-order valence-corrected chi connectivity index (χ2v) is 4.79. The summed E-state index contributed by atoms with van der Waals surface area (Å²) in [5.74, 6) is -0.599. The minimum Gasteiger partial charge on any atom is -0.377 e. The average molecular weight is 271 g/mol. The number of halogens is 1. The summed E-state index contributed by atoms with van der Waals surface area (Å²) in [7, 11) is 1.69. The third-order valence-electron chi connectivity index (χ3n) is 2.42. The maximum Gasteiger partial charge on any atom is 0.253 e. The van der Waals surface area contributed by atoms with E-state index < -0.39 is 5.82 Å². The number of amides is 1. The molecule has 0 bridgehead atoms. The SMILES string of the molecule is CC(C)OCCN(C)C(=O)c1ccc(F)c(S)c1. The Morgan fingerprint density at radius 3 is 2.72 bits per heavy atom. The van der Waals surface area contributed by atoms with Gasteiger partial charge in [-0.25, -0.2) is 4.39 Å². The van der Waals surface area contributed by atoms with E-state index in [0.29, 0.717) is 18.7 Å². The first-order chi connectivity index (χ1) is 8.41. The molecule has 3 nitrogen and oxygen atoms in total. The Morgan fingerprint density at radius 1 is 1.50 bits per heavy atom. The van der Waals surface area contributed by atoms with E-state index in [1.807, 2.05) is 13.8 Å². The van der Waals surface area contributed by atoms with Crippen molar-refractivity contribution in [2.24, 2.45) is 0 Å². The lowest BCUT2D eigenvalue weighted by Gasteiger charge is -2.18. The highest BCUT2D eigenvalue weighted by atomic mass is 32.1. The highest BCUT2D eigenvalue weighted by Gasteiger charge is 2.13. The first-order valence-electron chi connectivity index (χ1n) is 5.77. The fourth-order valence-corrected chi connectivity index (χ4v) is 1.61. The van der Waals surface area contributed by atoms with Crippen LogP contribution in [-0.4, -0.2) is 37.1 Å². The van der Waals surface area contributed by atoms with Crippen LogP contribution in [0.15, 0.2) is 23.1 Å². The zero-order valence-electron chi connectivity index (χ0n) is 10.8. The Kier molecular flexibility index (Phi) is 5.62. The van der Waals surface area contributed by atoms with E-state index in [0.717, 1.165) is 0 Å². The number of thiol groups is 1. The molecular formula is C13H18FNO2S. The van der Waals surface area contributed by atoms with E-state index in [4.69, 9.17) is 4.74 Å². The Morgan fingerprint density at radius 2 is 2.17 bits per heavy atom. The molecule has 1 amide bonds. The van der Waals surface area contributed by atoms with Gasteiger partial charge < -0.3 is 9.64 Å². The lowest BCUT2D eigenvalue weighted by atomic mass is 10.2. The third kappa shape index (κ3) is 4.31. The lowest BCUT2D eigenvalue weighted by molar-refractivity contribution is 0.0532. The summed E-state index contributed by atoms with van der Waals surface area (Å²) in [5, 5.41) is 0. The van der Waals surface area contributed by atoms with Gasteiger partial charge in [0.1, 0.15) is 5.82 Å². The van der Waals surface area contributed by atoms with Crippen molar-refractivity contribution in [3.63, 3.8) is 0 Å². The van der Waals surface area contributed by atoms with E-state index in [1.54, 1.807) is 11.9 Å². The van der Waals surface area contributed by atoms with Gasteiger partial charge in [0.25, 0.3) is 5.91 Å². The molecule has 0 saturated carbocycles. The van der Waals surface area contributed by atoms with Crippen molar-refractivity contribution < 1.29 is 13.9 Å². The number of ether oxygens (including phenoxy) is 1. The highest BCUT2D eigenvalue weighted by molar-refractivity contribution is 7.80. The number of likely N-dealkylation sites (N-methyl/N-ethyl adjacent to an activating group) is 1. The molecule has 5 heteroatoms. The molecule has 0 radical (unpaired) electrons. The van der Waals surface area contributed by atoms with Crippen LogP contribution < -0.4 is 0 Å². The summed E-state index contributed by atoms with van der Waals surface area (Å²) < 4.78 is 18.4. The Labute approximate surface area is 112 Å². The lowest BCUT2D eigenvalue weighted by Crippen LogP contribution is -2.30. The van der Waals surface area contributed by atoms with E-state index in [2.05, 4.69) is 12.6 Å². The van der Waals surface area contributed by atoms with Crippen molar-refractivity contribution in [1.82, 2.24) is 4.90 Å². The van der Waals surface area contributed by atoms with Crippen molar-refractivity contribution in [3.05, 3.63) is 29.6 Å². The van der Waals surface area contributed by atoms with Crippen molar-refractivity contribution >= 4 is 18.5 Å². The number of benzene rings is 1. The molecule has 1 aromatic rings. The first kappa shape index (κ1) is 15.0. The Balaban J connectivity index is 2.60. The van der Waals surface area contributed by atoms with Gasteiger partial charge in [-0.2, -0.15) is 0 Å². The fraction of sp³-hybridized carbons (Fsp3) is 0.462. The van der Waals surface area contributed by atoms with Crippen LogP contribution in [0.4, 0.5) is 4.39 Å². The second kappa shape index (κ2) is 6.75. The molecule has 0 aliphatic heterocycles. The molecule has 1 rings (SSSR count). The summed E-state index contributed by atoms with van der Waals surface area (Å²) >= 11 is 3.96. The first-order valence-corrected chi connectivity index (χ1v) is 6.22. The molecule has 0 aliphatic rings. The topological polar surface area (TPSA) is 29.5 Å². The van der Waals surface area contributed by atoms with Gasteiger partial charge in [-0.1, -0.05) is 0 Å². The minimum absolute atomic E-state index is 0.142. The number of carbonyl (C=O) groups is 1. The monoisotopic (exact) mass is 271 g/mol. The van der Waals surface area contributed by atoms with Gasteiger partial charge >= 0.3 is 0 Å². The van der Waals surface area contributed by atoms with Crippen LogP contribution in [0.2, 0.25) is 0 Å². The van der Waals surface area contributed by atoms with Crippen molar-refractivity contribution in [2.75, 3.05) is 20.2 Å². The van der Waals surface area contributed by atoms with E-state index in [1.165, 1.54) is 18.2 Å². The van der Waals surface area contributed by atoms with Crippen molar-refractivity contribution in [3.8, 4) is 0 Å². The molecule has 0 atom stereocenters. The number of hydrogen-bond acceptors (Lipinski definition) is 3. The Bertz CT molecular complexity index is 423. The van der Waals surface area contributed by atoms with Crippen LogP contribution in [0.1, 0.15) is 24.2 Å². The summed E-state index contributed by atoms with van der Waals surface area (Å²) in [6.07, 6.45) is 0.142. The molecular weight excluding hydrogens is 253 g/mol. The fourth-order valence-electron chi connectivity index (χ4n) is 1.39. The van der Waals surface area contributed by atoms with E-state index in [-0.39, 0.29) is 16.9 Å². The predicted octanol–water partition coefficient (Wildman–Crippen LogP) is 2.61. The molecule has 0 unspecified atom stereocenters. The van der Waals surface area contributed by atoms with Crippen LogP contribution in [0.5, 0.6) is 0 Å². The summed E-state index contributed by atoms with van der Waals surface area (Å²) in [6.45, 7) is 4.86. The normalized spacial score (nSPS) is 10.8. The summed E-state index contributed by atoms with van der Waals surface area (Å²) in [4.78, 5) is 13.7. The zero-order valence-corrected chi connectivity index (χ0v) is 11.7. The molecule has 0 saturated heterocycles. The van der Waals surface area contributed by atoms with Gasteiger partial charge in [-0.15, -0.1) is 12.6 Å². The van der Waals surface area contributed by atoms with Crippen LogP contribution in [0.3, 0.4) is 0 Å². The minimum atomic E-state index is -0.430. The maximum absolute atomic E-state index is 13.0. The third-order valence-corrected chi connectivity index (χ3v) is 2.76. The molecule has 100 valence electrons. The quantitative estimate of drug-likeness (QED) is 0.834. The van der Waals surface area contributed by atoms with Crippen molar-refractivity contribution in [1.29, 1.82) is 0 Å². The molecule has 0 aliphatic carbocycles. The molecule has 0 aromatic heterocycles. The Hall–Kier alpha value is -1.07. The maximum atomic E-state index is 13.0.